The fourth-order valence-electron chi connectivity index (χ4n) is 3.72. The number of ether oxygens (including phenoxy) is 3. The molecule has 3 heteroatoms. The highest BCUT2D eigenvalue weighted by Gasteiger charge is 2.50. The highest BCUT2D eigenvalue weighted by atomic mass is 16.6. The van der Waals surface area contributed by atoms with E-state index < -0.39 is 0 Å². The van der Waals surface area contributed by atoms with Crippen molar-refractivity contribution in [2.24, 2.45) is 5.92 Å². The van der Waals surface area contributed by atoms with Crippen LogP contribution < -0.4 is 9.47 Å². The van der Waals surface area contributed by atoms with E-state index >= 15 is 0 Å². The van der Waals surface area contributed by atoms with Gasteiger partial charge in [-0.3, -0.25) is 0 Å². The van der Waals surface area contributed by atoms with E-state index in [4.69, 9.17) is 14.2 Å². The Hall–Kier alpha value is -1.48. The quantitative estimate of drug-likeness (QED) is 0.472. The first-order chi connectivity index (χ1) is 12.1. The van der Waals surface area contributed by atoms with Crippen LogP contribution in [-0.4, -0.2) is 24.9 Å². The molecule has 3 nitrogen and oxygen atoms in total. The maximum absolute atomic E-state index is 5.95. The Balaban J connectivity index is 1.53. The first-order valence-corrected chi connectivity index (χ1v) is 9.81. The molecule has 3 rings (SSSR count). The third-order valence-corrected chi connectivity index (χ3v) is 5.83. The van der Waals surface area contributed by atoms with Crippen LogP contribution in [0.1, 0.15) is 58.9 Å². The Kier molecular flexibility index (Phi) is 5.73. The van der Waals surface area contributed by atoms with Gasteiger partial charge in [-0.05, 0) is 62.7 Å². The van der Waals surface area contributed by atoms with Gasteiger partial charge >= 0.3 is 0 Å². The van der Waals surface area contributed by atoms with Crippen molar-refractivity contribution in [2.45, 2.75) is 71.5 Å². The monoisotopic (exact) mass is 344 g/mol. The van der Waals surface area contributed by atoms with Crippen LogP contribution in [0.4, 0.5) is 0 Å². The maximum Gasteiger partial charge on any atom is 0.126 e. The minimum Gasteiger partial charge on any atom is -0.493 e. The SMILES string of the molecule is CCC(=CCOc1ccc2c(c1)OCCC2)C(C)CC1OC1(C)CC. The Morgan fingerprint density at radius 2 is 2.24 bits per heavy atom. The van der Waals surface area contributed by atoms with Crippen molar-refractivity contribution in [3.05, 3.63) is 35.4 Å². The molecule has 0 amide bonds. The minimum atomic E-state index is 0.118. The third kappa shape index (κ3) is 4.38. The van der Waals surface area contributed by atoms with Crippen molar-refractivity contribution >= 4 is 0 Å². The van der Waals surface area contributed by atoms with E-state index in [-0.39, 0.29) is 5.60 Å². The number of allylic oxidation sites excluding steroid dienone is 1. The fourth-order valence-corrected chi connectivity index (χ4v) is 3.72. The molecular weight excluding hydrogens is 312 g/mol. The summed E-state index contributed by atoms with van der Waals surface area (Å²) in [6.45, 7) is 10.4. The third-order valence-electron chi connectivity index (χ3n) is 5.83. The maximum atomic E-state index is 5.95. The second-order valence-electron chi connectivity index (χ2n) is 7.57. The first-order valence-electron chi connectivity index (χ1n) is 9.81. The molecule has 2 aliphatic rings. The lowest BCUT2D eigenvalue weighted by atomic mass is 9.90. The van der Waals surface area contributed by atoms with Gasteiger partial charge in [0.05, 0.1) is 18.3 Å². The molecule has 0 saturated carbocycles. The van der Waals surface area contributed by atoms with Crippen molar-refractivity contribution in [2.75, 3.05) is 13.2 Å². The van der Waals surface area contributed by atoms with E-state index in [1.54, 1.807) is 0 Å². The molecule has 0 N–H and O–H groups in total. The van der Waals surface area contributed by atoms with Crippen LogP contribution in [0.25, 0.3) is 0 Å². The van der Waals surface area contributed by atoms with Gasteiger partial charge < -0.3 is 14.2 Å². The Bertz CT molecular complexity index is 622. The van der Waals surface area contributed by atoms with E-state index in [2.05, 4.69) is 45.9 Å². The molecule has 25 heavy (non-hydrogen) atoms. The molecule has 1 aromatic carbocycles. The molecule has 0 aromatic heterocycles. The van der Waals surface area contributed by atoms with Crippen LogP contribution in [0, 0.1) is 5.92 Å². The Morgan fingerprint density at radius 3 is 2.96 bits per heavy atom. The highest BCUT2D eigenvalue weighted by Crippen LogP contribution is 2.43. The molecule has 2 heterocycles. The van der Waals surface area contributed by atoms with Crippen molar-refractivity contribution in [1.82, 2.24) is 0 Å². The molecule has 138 valence electrons. The lowest BCUT2D eigenvalue weighted by Crippen LogP contribution is -2.12. The molecule has 0 spiro atoms. The van der Waals surface area contributed by atoms with Gasteiger partial charge in [0.25, 0.3) is 0 Å². The Labute approximate surface area is 152 Å². The number of rotatable bonds is 8. The number of hydrogen-bond donors (Lipinski definition) is 0. The van der Waals surface area contributed by atoms with Crippen molar-refractivity contribution in [3.8, 4) is 11.5 Å². The van der Waals surface area contributed by atoms with Crippen molar-refractivity contribution < 1.29 is 14.2 Å². The molecule has 0 radical (unpaired) electrons. The predicted octanol–water partition coefficient (Wildman–Crippen LogP) is 5.32. The zero-order valence-corrected chi connectivity index (χ0v) is 16.1. The summed E-state index contributed by atoms with van der Waals surface area (Å²) in [6, 6.07) is 6.22. The summed E-state index contributed by atoms with van der Waals surface area (Å²) in [5.41, 5.74) is 2.87. The standard InChI is InChI=1S/C22H32O3/c1-5-17(16(3)14-21-22(4,6-2)25-21)11-13-23-19-10-9-18-8-7-12-24-20(18)15-19/h9-11,15-16,21H,5-8,12-14H2,1-4H3. The lowest BCUT2D eigenvalue weighted by Gasteiger charge is -2.18. The van der Waals surface area contributed by atoms with Gasteiger partial charge in [-0.25, -0.2) is 0 Å². The van der Waals surface area contributed by atoms with Gasteiger partial charge in [0.2, 0.25) is 0 Å². The second-order valence-corrected chi connectivity index (χ2v) is 7.57. The summed E-state index contributed by atoms with van der Waals surface area (Å²) in [5, 5.41) is 0. The van der Waals surface area contributed by atoms with E-state index in [1.807, 2.05) is 6.07 Å². The highest BCUT2D eigenvalue weighted by molar-refractivity contribution is 5.41. The molecule has 0 bridgehead atoms. The lowest BCUT2D eigenvalue weighted by molar-refractivity contribution is 0.284. The zero-order chi connectivity index (χ0) is 17.9. The van der Waals surface area contributed by atoms with E-state index in [9.17, 15) is 0 Å². The number of fused-ring (bicyclic) bond motifs is 1. The minimum absolute atomic E-state index is 0.118. The smallest absolute Gasteiger partial charge is 0.126 e. The van der Waals surface area contributed by atoms with Gasteiger partial charge in [0, 0.05) is 6.07 Å². The van der Waals surface area contributed by atoms with Crippen LogP contribution in [-0.2, 0) is 11.2 Å². The summed E-state index contributed by atoms with van der Waals surface area (Å²) >= 11 is 0. The molecule has 1 aromatic rings. The molecule has 3 unspecified atom stereocenters. The summed E-state index contributed by atoms with van der Waals surface area (Å²) in [7, 11) is 0. The summed E-state index contributed by atoms with van der Waals surface area (Å²) in [5.74, 6) is 2.42. The number of hydrogen-bond acceptors (Lipinski definition) is 3. The fraction of sp³-hybridized carbons (Fsp3) is 0.636. The van der Waals surface area contributed by atoms with Crippen LogP contribution in [0.3, 0.4) is 0 Å². The average molecular weight is 344 g/mol. The summed E-state index contributed by atoms with van der Waals surface area (Å²) in [4.78, 5) is 0. The van der Waals surface area contributed by atoms with Crippen LogP contribution >= 0.6 is 0 Å². The average Bonchev–Trinajstić information content (AvgIpc) is 3.28. The van der Waals surface area contributed by atoms with Gasteiger partial charge in [-0.15, -0.1) is 0 Å². The molecule has 0 aliphatic carbocycles. The molecular formula is C22H32O3. The molecule has 3 atom stereocenters. The molecule has 1 fully saturated rings. The molecule has 2 aliphatic heterocycles. The van der Waals surface area contributed by atoms with E-state index in [0.717, 1.165) is 50.2 Å². The molecule has 1 saturated heterocycles. The normalized spacial score (nSPS) is 26.6. The number of benzene rings is 1. The van der Waals surface area contributed by atoms with Crippen LogP contribution in [0.15, 0.2) is 29.8 Å². The summed E-state index contributed by atoms with van der Waals surface area (Å²) < 4.78 is 17.5. The van der Waals surface area contributed by atoms with Crippen LogP contribution in [0.2, 0.25) is 0 Å². The van der Waals surface area contributed by atoms with E-state index in [0.29, 0.717) is 18.6 Å². The van der Waals surface area contributed by atoms with Gasteiger partial charge in [-0.2, -0.15) is 0 Å². The van der Waals surface area contributed by atoms with Crippen molar-refractivity contribution in [3.63, 3.8) is 0 Å². The number of epoxide rings is 1. The van der Waals surface area contributed by atoms with Gasteiger partial charge in [0.1, 0.15) is 18.1 Å². The second kappa shape index (κ2) is 7.82. The topological polar surface area (TPSA) is 31.0 Å². The first kappa shape index (κ1) is 18.3. The Morgan fingerprint density at radius 1 is 1.40 bits per heavy atom. The number of aryl methyl sites for hydroxylation is 1. The van der Waals surface area contributed by atoms with Gasteiger partial charge in [-0.1, -0.05) is 32.4 Å². The van der Waals surface area contributed by atoms with E-state index in [1.165, 1.54) is 11.1 Å². The van der Waals surface area contributed by atoms with Gasteiger partial charge in [0.15, 0.2) is 0 Å². The summed E-state index contributed by atoms with van der Waals surface area (Å²) in [6.07, 6.45) is 8.14. The zero-order valence-electron chi connectivity index (χ0n) is 16.1. The van der Waals surface area contributed by atoms with Crippen LogP contribution in [0.5, 0.6) is 11.5 Å². The van der Waals surface area contributed by atoms with Crippen molar-refractivity contribution in [1.29, 1.82) is 0 Å². The largest absolute Gasteiger partial charge is 0.493 e. The predicted molar refractivity (Wildman–Crippen MR) is 101 cm³/mol.